The SMILES string of the molecule is CCN1C(=O)/C(=C/c2ccc(OC)cc2)S/C1=N/n1cnnc1. The maximum absolute atomic E-state index is 12.5. The molecule has 0 unspecified atom stereocenters. The molecule has 7 nitrogen and oxygen atoms in total. The number of methoxy groups -OCH3 is 1. The molecule has 0 spiro atoms. The first kappa shape index (κ1) is 15.3. The summed E-state index contributed by atoms with van der Waals surface area (Å²) in [6.07, 6.45) is 4.82. The van der Waals surface area contributed by atoms with Crippen LogP contribution in [0.1, 0.15) is 12.5 Å². The molecule has 1 aromatic heterocycles. The lowest BCUT2D eigenvalue weighted by Crippen LogP contribution is -2.29. The van der Waals surface area contributed by atoms with Crippen LogP contribution in [0.5, 0.6) is 5.75 Å². The third-order valence-corrected chi connectivity index (χ3v) is 4.22. The van der Waals surface area contributed by atoms with Crippen LogP contribution in [0.3, 0.4) is 0 Å². The molecule has 1 aliphatic rings. The summed E-state index contributed by atoms with van der Waals surface area (Å²) in [5.41, 5.74) is 0.934. The molecule has 118 valence electrons. The Hall–Kier alpha value is -2.61. The lowest BCUT2D eigenvalue weighted by atomic mass is 10.2. The number of rotatable bonds is 4. The van der Waals surface area contributed by atoms with Crippen molar-refractivity contribution in [2.24, 2.45) is 5.10 Å². The zero-order valence-electron chi connectivity index (χ0n) is 12.7. The second kappa shape index (κ2) is 6.66. The third kappa shape index (κ3) is 3.26. The zero-order chi connectivity index (χ0) is 16.2. The van der Waals surface area contributed by atoms with E-state index in [2.05, 4.69) is 15.3 Å². The van der Waals surface area contributed by atoms with Crippen molar-refractivity contribution in [3.63, 3.8) is 0 Å². The Morgan fingerprint density at radius 1 is 1.26 bits per heavy atom. The zero-order valence-corrected chi connectivity index (χ0v) is 13.5. The fourth-order valence-corrected chi connectivity index (χ4v) is 3.11. The van der Waals surface area contributed by atoms with Gasteiger partial charge in [0.05, 0.1) is 12.0 Å². The van der Waals surface area contributed by atoms with Crippen molar-refractivity contribution < 1.29 is 9.53 Å². The Bertz CT molecular complexity index is 753. The highest BCUT2D eigenvalue weighted by atomic mass is 32.2. The van der Waals surface area contributed by atoms with Crippen molar-refractivity contribution in [1.82, 2.24) is 19.8 Å². The molecule has 1 fully saturated rings. The summed E-state index contributed by atoms with van der Waals surface area (Å²) in [6.45, 7) is 2.46. The van der Waals surface area contributed by atoms with Gasteiger partial charge in [0.2, 0.25) is 0 Å². The van der Waals surface area contributed by atoms with Gasteiger partial charge in [0.1, 0.15) is 18.4 Å². The molecule has 0 saturated carbocycles. The van der Waals surface area contributed by atoms with Gasteiger partial charge in [-0.05, 0) is 42.5 Å². The molecule has 0 radical (unpaired) electrons. The van der Waals surface area contributed by atoms with Gasteiger partial charge in [-0.2, -0.15) is 0 Å². The van der Waals surface area contributed by atoms with E-state index in [4.69, 9.17) is 4.74 Å². The fraction of sp³-hybridized carbons (Fsp3) is 0.200. The molecule has 1 aromatic carbocycles. The number of nitrogens with zero attached hydrogens (tertiary/aromatic N) is 5. The Morgan fingerprint density at radius 3 is 2.57 bits per heavy atom. The van der Waals surface area contributed by atoms with E-state index >= 15 is 0 Å². The Kier molecular flexibility index (Phi) is 4.42. The first-order chi connectivity index (χ1) is 11.2. The number of likely N-dealkylation sites (N-methyl/N-ethyl adjacent to an activating group) is 1. The average molecular weight is 329 g/mol. The fourth-order valence-electron chi connectivity index (χ4n) is 2.06. The second-order valence-electron chi connectivity index (χ2n) is 4.66. The maximum atomic E-state index is 12.5. The van der Waals surface area contributed by atoms with Gasteiger partial charge in [0.25, 0.3) is 5.91 Å². The molecular weight excluding hydrogens is 314 g/mol. The molecule has 8 heteroatoms. The van der Waals surface area contributed by atoms with Crippen LogP contribution in [0, 0.1) is 0 Å². The maximum Gasteiger partial charge on any atom is 0.266 e. The molecule has 1 aliphatic heterocycles. The van der Waals surface area contributed by atoms with Gasteiger partial charge in [0.15, 0.2) is 5.17 Å². The van der Waals surface area contributed by atoms with Crippen LogP contribution in [0.4, 0.5) is 0 Å². The summed E-state index contributed by atoms with van der Waals surface area (Å²) in [4.78, 5) is 14.7. The predicted molar refractivity (Wildman–Crippen MR) is 88.8 cm³/mol. The molecule has 0 aliphatic carbocycles. The normalized spacial score (nSPS) is 18.2. The highest BCUT2D eigenvalue weighted by molar-refractivity contribution is 8.18. The van der Waals surface area contributed by atoms with Crippen LogP contribution in [0.25, 0.3) is 6.08 Å². The summed E-state index contributed by atoms with van der Waals surface area (Å²) in [6, 6.07) is 7.54. The monoisotopic (exact) mass is 329 g/mol. The molecule has 2 heterocycles. The van der Waals surface area contributed by atoms with Gasteiger partial charge in [-0.15, -0.1) is 15.3 Å². The van der Waals surface area contributed by atoms with Crippen LogP contribution in [-0.2, 0) is 4.79 Å². The molecule has 1 amide bonds. The van der Waals surface area contributed by atoms with Crippen molar-refractivity contribution in [2.45, 2.75) is 6.92 Å². The van der Waals surface area contributed by atoms with Gasteiger partial charge < -0.3 is 4.74 Å². The van der Waals surface area contributed by atoms with Crippen molar-refractivity contribution in [2.75, 3.05) is 13.7 Å². The van der Waals surface area contributed by atoms with Crippen LogP contribution in [0.15, 0.2) is 46.9 Å². The van der Waals surface area contributed by atoms with Crippen molar-refractivity contribution in [3.8, 4) is 5.75 Å². The predicted octanol–water partition coefficient (Wildman–Crippen LogP) is 2.04. The van der Waals surface area contributed by atoms with Gasteiger partial charge in [-0.1, -0.05) is 12.1 Å². The molecule has 2 aromatic rings. The van der Waals surface area contributed by atoms with Crippen LogP contribution in [0.2, 0.25) is 0 Å². The molecule has 0 N–H and O–H groups in total. The van der Waals surface area contributed by atoms with Crippen molar-refractivity contribution >= 4 is 28.9 Å². The first-order valence-electron chi connectivity index (χ1n) is 7.00. The van der Waals surface area contributed by atoms with E-state index in [0.29, 0.717) is 16.6 Å². The number of amides is 1. The van der Waals surface area contributed by atoms with Crippen molar-refractivity contribution in [1.29, 1.82) is 0 Å². The lowest BCUT2D eigenvalue weighted by Gasteiger charge is -2.11. The van der Waals surface area contributed by atoms with Gasteiger partial charge in [0, 0.05) is 6.54 Å². The lowest BCUT2D eigenvalue weighted by molar-refractivity contribution is -0.122. The highest BCUT2D eigenvalue weighted by Crippen LogP contribution is 2.32. The number of amidine groups is 1. The van der Waals surface area contributed by atoms with Crippen LogP contribution >= 0.6 is 11.8 Å². The third-order valence-electron chi connectivity index (χ3n) is 3.23. The largest absolute Gasteiger partial charge is 0.497 e. The van der Waals surface area contributed by atoms with E-state index in [9.17, 15) is 4.79 Å². The van der Waals surface area contributed by atoms with E-state index in [1.54, 1.807) is 12.0 Å². The van der Waals surface area contributed by atoms with Gasteiger partial charge in [-0.25, -0.2) is 4.68 Å². The van der Waals surface area contributed by atoms with Gasteiger partial charge >= 0.3 is 0 Å². The Morgan fingerprint density at radius 2 is 1.96 bits per heavy atom. The second-order valence-corrected chi connectivity index (χ2v) is 5.67. The molecule has 0 atom stereocenters. The van der Waals surface area contributed by atoms with Crippen LogP contribution < -0.4 is 4.74 Å². The van der Waals surface area contributed by atoms with Crippen LogP contribution in [-0.4, -0.2) is 44.5 Å². The van der Waals surface area contributed by atoms with E-state index in [0.717, 1.165) is 11.3 Å². The number of thioether (sulfide) groups is 1. The van der Waals surface area contributed by atoms with Gasteiger partial charge in [-0.3, -0.25) is 9.69 Å². The summed E-state index contributed by atoms with van der Waals surface area (Å²) in [5.74, 6) is 0.725. The summed E-state index contributed by atoms with van der Waals surface area (Å²) in [7, 11) is 1.62. The topological polar surface area (TPSA) is 72.6 Å². The Labute approximate surface area is 137 Å². The molecule has 3 rings (SSSR count). The smallest absolute Gasteiger partial charge is 0.266 e. The highest BCUT2D eigenvalue weighted by Gasteiger charge is 2.32. The minimum absolute atomic E-state index is 0.0554. The molecular formula is C15H15N5O2S. The molecule has 23 heavy (non-hydrogen) atoms. The van der Waals surface area contributed by atoms with E-state index in [-0.39, 0.29) is 5.91 Å². The Balaban J connectivity index is 1.88. The summed E-state index contributed by atoms with van der Waals surface area (Å²) >= 11 is 1.33. The average Bonchev–Trinajstić information content (AvgIpc) is 3.17. The number of hydrogen-bond donors (Lipinski definition) is 0. The molecule has 1 saturated heterocycles. The van der Waals surface area contributed by atoms with E-state index in [1.807, 2.05) is 37.3 Å². The summed E-state index contributed by atoms with van der Waals surface area (Å²) in [5, 5.41) is 12.4. The van der Waals surface area contributed by atoms with E-state index < -0.39 is 0 Å². The van der Waals surface area contributed by atoms with Crippen molar-refractivity contribution in [3.05, 3.63) is 47.4 Å². The number of hydrogen-bond acceptors (Lipinski definition) is 6. The minimum Gasteiger partial charge on any atom is -0.497 e. The number of ether oxygens (including phenoxy) is 1. The number of carbonyl (C=O) groups is 1. The minimum atomic E-state index is -0.0554. The summed E-state index contributed by atoms with van der Waals surface area (Å²) < 4.78 is 6.62. The first-order valence-corrected chi connectivity index (χ1v) is 7.82. The standard InChI is InChI=1S/C15H15N5O2S/c1-3-20-14(21)13(8-11-4-6-12(22-2)7-5-11)23-15(20)18-19-9-16-17-10-19/h4-10H,3H2,1-2H3/b13-8-,18-15+. The number of aromatic nitrogens is 3. The number of benzene rings is 1. The number of carbonyl (C=O) groups excluding carboxylic acids is 1. The van der Waals surface area contributed by atoms with E-state index in [1.165, 1.54) is 29.1 Å². The molecule has 0 bridgehead atoms. The quantitative estimate of drug-likeness (QED) is 0.803.